The molecule has 0 amide bonds. The molecule has 1 heterocycles. The normalized spacial score (nSPS) is 32.2. The Balaban J connectivity index is 2.21. The molecule has 0 spiro atoms. The highest BCUT2D eigenvalue weighted by atomic mass is 16.7. The van der Waals surface area contributed by atoms with E-state index in [9.17, 15) is 0 Å². The van der Waals surface area contributed by atoms with E-state index in [1.165, 1.54) is 6.42 Å². The summed E-state index contributed by atoms with van der Waals surface area (Å²) in [5.41, 5.74) is 0. The molecule has 1 fully saturated rings. The third kappa shape index (κ3) is 2.77. The third-order valence-corrected chi connectivity index (χ3v) is 1.93. The van der Waals surface area contributed by atoms with Crippen LogP contribution in [0.3, 0.4) is 0 Å². The Morgan fingerprint density at radius 1 is 1.36 bits per heavy atom. The zero-order valence-corrected chi connectivity index (χ0v) is 7.21. The molecule has 0 aromatic rings. The van der Waals surface area contributed by atoms with Crippen molar-refractivity contribution in [1.82, 2.24) is 0 Å². The highest BCUT2D eigenvalue weighted by Gasteiger charge is 2.21. The highest BCUT2D eigenvalue weighted by molar-refractivity contribution is 4.64. The standard InChI is InChI=1S/C8H16O3/c1-9-6-7-4-3-5-8(10-2)11-7/h7-8H,3-6H2,1-2H3/t7-,8+/m0/s1. The van der Waals surface area contributed by atoms with Crippen molar-refractivity contribution in [2.45, 2.75) is 31.7 Å². The van der Waals surface area contributed by atoms with Gasteiger partial charge in [-0.2, -0.15) is 0 Å². The summed E-state index contributed by atoms with van der Waals surface area (Å²) < 4.78 is 15.6. The van der Waals surface area contributed by atoms with E-state index >= 15 is 0 Å². The molecular weight excluding hydrogens is 144 g/mol. The number of hydrogen-bond donors (Lipinski definition) is 0. The molecule has 0 aliphatic carbocycles. The molecule has 0 N–H and O–H groups in total. The number of hydrogen-bond acceptors (Lipinski definition) is 3. The molecule has 0 bridgehead atoms. The second-order valence-electron chi connectivity index (χ2n) is 2.81. The molecule has 0 saturated carbocycles. The SMILES string of the molecule is COC[C@@H]1CCC[C@H](OC)O1. The van der Waals surface area contributed by atoms with E-state index in [2.05, 4.69) is 0 Å². The molecule has 2 atom stereocenters. The summed E-state index contributed by atoms with van der Waals surface area (Å²) in [5.74, 6) is 0. The van der Waals surface area contributed by atoms with Crippen LogP contribution in [-0.2, 0) is 14.2 Å². The predicted octanol–water partition coefficient (Wildman–Crippen LogP) is 1.17. The lowest BCUT2D eigenvalue weighted by atomic mass is 10.1. The van der Waals surface area contributed by atoms with Gasteiger partial charge in [0.2, 0.25) is 0 Å². The van der Waals surface area contributed by atoms with E-state index in [1.807, 2.05) is 0 Å². The maximum absolute atomic E-state index is 5.53. The Morgan fingerprint density at radius 2 is 2.18 bits per heavy atom. The molecule has 0 aromatic heterocycles. The number of rotatable bonds is 3. The Hall–Kier alpha value is -0.120. The van der Waals surface area contributed by atoms with Crippen LogP contribution in [0.5, 0.6) is 0 Å². The van der Waals surface area contributed by atoms with E-state index < -0.39 is 0 Å². The van der Waals surface area contributed by atoms with Gasteiger partial charge >= 0.3 is 0 Å². The van der Waals surface area contributed by atoms with Crippen LogP contribution in [0.1, 0.15) is 19.3 Å². The summed E-state index contributed by atoms with van der Waals surface area (Å²) in [4.78, 5) is 0. The third-order valence-electron chi connectivity index (χ3n) is 1.93. The van der Waals surface area contributed by atoms with Crippen LogP contribution in [-0.4, -0.2) is 33.2 Å². The average molecular weight is 160 g/mol. The second-order valence-corrected chi connectivity index (χ2v) is 2.81. The van der Waals surface area contributed by atoms with Crippen molar-refractivity contribution in [3.63, 3.8) is 0 Å². The fourth-order valence-corrected chi connectivity index (χ4v) is 1.34. The number of ether oxygens (including phenoxy) is 3. The van der Waals surface area contributed by atoms with Crippen LogP contribution < -0.4 is 0 Å². The maximum Gasteiger partial charge on any atom is 0.157 e. The molecule has 1 saturated heterocycles. The minimum absolute atomic E-state index is 0.0103. The molecule has 1 aliphatic rings. The van der Waals surface area contributed by atoms with Gasteiger partial charge < -0.3 is 14.2 Å². The van der Waals surface area contributed by atoms with Gasteiger partial charge in [0.05, 0.1) is 12.7 Å². The zero-order chi connectivity index (χ0) is 8.10. The summed E-state index contributed by atoms with van der Waals surface area (Å²) >= 11 is 0. The van der Waals surface area contributed by atoms with Gasteiger partial charge in [-0.25, -0.2) is 0 Å². The summed E-state index contributed by atoms with van der Waals surface area (Å²) in [6.45, 7) is 0.680. The molecule has 66 valence electrons. The van der Waals surface area contributed by atoms with Crippen molar-refractivity contribution in [2.24, 2.45) is 0 Å². The van der Waals surface area contributed by atoms with Crippen molar-refractivity contribution < 1.29 is 14.2 Å². The van der Waals surface area contributed by atoms with Gasteiger partial charge in [-0.05, 0) is 19.3 Å². The monoisotopic (exact) mass is 160 g/mol. The minimum Gasteiger partial charge on any atom is -0.382 e. The lowest BCUT2D eigenvalue weighted by molar-refractivity contribution is -0.190. The van der Waals surface area contributed by atoms with Crippen LogP contribution in [0.4, 0.5) is 0 Å². The maximum atomic E-state index is 5.53. The molecule has 11 heavy (non-hydrogen) atoms. The Bertz CT molecular complexity index is 104. The van der Waals surface area contributed by atoms with Crippen LogP contribution in [0, 0.1) is 0 Å². The van der Waals surface area contributed by atoms with E-state index in [0.29, 0.717) is 6.61 Å². The van der Waals surface area contributed by atoms with Crippen molar-refractivity contribution in [3.8, 4) is 0 Å². The van der Waals surface area contributed by atoms with Crippen molar-refractivity contribution in [3.05, 3.63) is 0 Å². The Labute approximate surface area is 67.6 Å². The van der Waals surface area contributed by atoms with E-state index in [4.69, 9.17) is 14.2 Å². The van der Waals surface area contributed by atoms with E-state index in [0.717, 1.165) is 12.8 Å². The fourth-order valence-electron chi connectivity index (χ4n) is 1.34. The molecular formula is C8H16O3. The lowest BCUT2D eigenvalue weighted by Gasteiger charge is -2.28. The fraction of sp³-hybridized carbons (Fsp3) is 1.00. The first-order chi connectivity index (χ1) is 5.36. The summed E-state index contributed by atoms with van der Waals surface area (Å²) in [6, 6.07) is 0. The molecule has 0 radical (unpaired) electrons. The first kappa shape index (κ1) is 8.97. The largest absolute Gasteiger partial charge is 0.382 e. The zero-order valence-electron chi connectivity index (χ0n) is 7.21. The van der Waals surface area contributed by atoms with Gasteiger partial charge in [0.25, 0.3) is 0 Å². The van der Waals surface area contributed by atoms with Gasteiger partial charge in [-0.1, -0.05) is 0 Å². The molecule has 1 rings (SSSR count). The summed E-state index contributed by atoms with van der Waals surface area (Å²) in [7, 11) is 3.37. The molecule has 0 aromatic carbocycles. The van der Waals surface area contributed by atoms with Crippen LogP contribution in [0.2, 0.25) is 0 Å². The van der Waals surface area contributed by atoms with Crippen LogP contribution >= 0.6 is 0 Å². The van der Waals surface area contributed by atoms with Crippen LogP contribution in [0.15, 0.2) is 0 Å². The molecule has 0 unspecified atom stereocenters. The second kappa shape index (κ2) is 4.70. The predicted molar refractivity (Wildman–Crippen MR) is 41.4 cm³/mol. The van der Waals surface area contributed by atoms with E-state index in [1.54, 1.807) is 14.2 Å². The van der Waals surface area contributed by atoms with Gasteiger partial charge in [0, 0.05) is 14.2 Å². The Kier molecular flexibility index (Phi) is 3.83. The minimum atomic E-state index is -0.0103. The number of methoxy groups -OCH3 is 2. The van der Waals surface area contributed by atoms with Crippen molar-refractivity contribution in [2.75, 3.05) is 20.8 Å². The topological polar surface area (TPSA) is 27.7 Å². The molecule has 3 heteroatoms. The summed E-state index contributed by atoms with van der Waals surface area (Å²) in [6.07, 6.45) is 3.50. The quantitative estimate of drug-likeness (QED) is 0.620. The first-order valence-corrected chi connectivity index (χ1v) is 4.04. The van der Waals surface area contributed by atoms with Crippen molar-refractivity contribution in [1.29, 1.82) is 0 Å². The molecule has 3 nitrogen and oxygen atoms in total. The van der Waals surface area contributed by atoms with Gasteiger partial charge in [0.1, 0.15) is 0 Å². The first-order valence-electron chi connectivity index (χ1n) is 4.04. The average Bonchev–Trinajstić information content (AvgIpc) is 2.06. The smallest absolute Gasteiger partial charge is 0.157 e. The molecule has 1 aliphatic heterocycles. The van der Waals surface area contributed by atoms with Gasteiger partial charge in [-0.15, -0.1) is 0 Å². The van der Waals surface area contributed by atoms with Crippen molar-refractivity contribution >= 4 is 0 Å². The lowest BCUT2D eigenvalue weighted by Crippen LogP contribution is -2.31. The van der Waals surface area contributed by atoms with E-state index in [-0.39, 0.29) is 12.4 Å². The van der Waals surface area contributed by atoms with Crippen LogP contribution in [0.25, 0.3) is 0 Å². The highest BCUT2D eigenvalue weighted by Crippen LogP contribution is 2.19. The summed E-state index contributed by atoms with van der Waals surface area (Å²) in [5, 5.41) is 0. The van der Waals surface area contributed by atoms with Gasteiger partial charge in [-0.3, -0.25) is 0 Å². The van der Waals surface area contributed by atoms with Gasteiger partial charge in [0.15, 0.2) is 6.29 Å². The Morgan fingerprint density at radius 3 is 2.82 bits per heavy atom.